The summed E-state index contributed by atoms with van der Waals surface area (Å²) in [6.07, 6.45) is 1.73. The number of cyclic esters (lactones) is 1. The van der Waals surface area contributed by atoms with Crippen molar-refractivity contribution < 1.29 is 23.1 Å². The summed E-state index contributed by atoms with van der Waals surface area (Å²) in [6.45, 7) is 7.66. The molecule has 2 aliphatic rings. The molecule has 9 heteroatoms. The normalized spacial score (nSPS) is 18.8. The number of pyridine rings is 1. The molecule has 3 heterocycles. The van der Waals surface area contributed by atoms with Gasteiger partial charge in [-0.15, -0.1) is 0 Å². The third-order valence-corrected chi connectivity index (χ3v) is 6.00. The average Bonchev–Trinajstić information content (AvgIpc) is 3.14. The second kappa shape index (κ2) is 8.72. The number of piperazine rings is 1. The molecular weight excluding hydrogens is 418 g/mol. The topological polar surface area (TPSA) is 66.0 Å². The first-order valence-corrected chi connectivity index (χ1v) is 10.7. The van der Waals surface area contributed by atoms with Gasteiger partial charge < -0.3 is 14.5 Å². The molecule has 170 valence electrons. The minimum atomic E-state index is -0.988. The fraction of sp³-hybridized carbons (Fsp3) is 0.435. The largest absolute Gasteiger partial charge is 0.447 e. The number of aryl methyl sites for hydroxylation is 2. The van der Waals surface area contributed by atoms with Crippen LogP contribution in [0.4, 0.5) is 25.1 Å². The fourth-order valence-electron chi connectivity index (χ4n) is 4.30. The maximum Gasteiger partial charge on any atom is 0.414 e. The molecule has 32 heavy (non-hydrogen) atoms. The van der Waals surface area contributed by atoms with Crippen molar-refractivity contribution >= 4 is 23.5 Å². The van der Waals surface area contributed by atoms with Crippen LogP contribution >= 0.6 is 0 Å². The Bertz CT molecular complexity index is 1030. The third kappa shape index (κ3) is 3.99. The number of nitrogens with zero attached hydrogens (tertiary/aromatic N) is 4. The Morgan fingerprint density at radius 1 is 1.12 bits per heavy atom. The van der Waals surface area contributed by atoms with Crippen LogP contribution in [0.25, 0.3) is 0 Å². The van der Waals surface area contributed by atoms with Crippen LogP contribution in [-0.4, -0.2) is 60.7 Å². The molecule has 4 rings (SSSR count). The second-order valence-electron chi connectivity index (χ2n) is 8.23. The van der Waals surface area contributed by atoms with E-state index in [4.69, 9.17) is 4.74 Å². The molecule has 1 atom stereocenters. The van der Waals surface area contributed by atoms with Crippen molar-refractivity contribution in [2.75, 3.05) is 42.6 Å². The summed E-state index contributed by atoms with van der Waals surface area (Å²) < 4.78 is 34.7. The molecule has 1 aromatic carbocycles. The predicted molar refractivity (Wildman–Crippen MR) is 116 cm³/mol. The van der Waals surface area contributed by atoms with E-state index in [1.165, 1.54) is 9.80 Å². The van der Waals surface area contributed by atoms with E-state index in [2.05, 4.69) is 9.88 Å². The number of hydrogen-bond acceptors (Lipinski definition) is 5. The number of hydrogen-bond donors (Lipinski definition) is 0. The van der Waals surface area contributed by atoms with Crippen LogP contribution in [0.2, 0.25) is 0 Å². The zero-order valence-electron chi connectivity index (χ0n) is 18.4. The molecule has 0 N–H and O–H groups in total. The lowest BCUT2D eigenvalue weighted by atomic mass is 10.1. The monoisotopic (exact) mass is 444 g/mol. The van der Waals surface area contributed by atoms with Crippen LogP contribution in [0.15, 0.2) is 24.4 Å². The first-order valence-electron chi connectivity index (χ1n) is 10.7. The molecule has 1 aromatic heterocycles. The van der Waals surface area contributed by atoms with E-state index in [9.17, 15) is 18.4 Å². The van der Waals surface area contributed by atoms with Gasteiger partial charge in [-0.1, -0.05) is 13.0 Å². The maximum atomic E-state index is 14.9. The van der Waals surface area contributed by atoms with Gasteiger partial charge in [-0.3, -0.25) is 9.69 Å². The number of carbonyl (C=O) groups is 2. The number of halogens is 2. The molecule has 2 fully saturated rings. The van der Waals surface area contributed by atoms with Gasteiger partial charge in [-0.25, -0.2) is 18.6 Å². The van der Waals surface area contributed by atoms with Crippen LogP contribution in [-0.2, 0) is 4.74 Å². The smallest absolute Gasteiger partial charge is 0.414 e. The van der Waals surface area contributed by atoms with E-state index in [-0.39, 0.29) is 18.3 Å². The number of benzene rings is 1. The summed E-state index contributed by atoms with van der Waals surface area (Å²) in [4.78, 5) is 34.1. The highest BCUT2D eigenvalue weighted by atomic mass is 19.1. The summed E-state index contributed by atoms with van der Waals surface area (Å²) in [5, 5.41) is 0. The SMILES string of the molecule is CC[C@@H]1COC(=O)N1c1cc(F)c(C(=O)N2CCN(c3ncc(C)cc3C)CC2)c(F)c1. The zero-order chi connectivity index (χ0) is 23.0. The lowest BCUT2D eigenvalue weighted by Crippen LogP contribution is -2.49. The Hall–Kier alpha value is -3.23. The van der Waals surface area contributed by atoms with Gasteiger partial charge in [-0.05, 0) is 43.5 Å². The number of rotatable bonds is 4. The Balaban J connectivity index is 1.50. The van der Waals surface area contributed by atoms with Crippen molar-refractivity contribution in [2.24, 2.45) is 0 Å². The highest BCUT2D eigenvalue weighted by Crippen LogP contribution is 2.29. The predicted octanol–water partition coefficient (Wildman–Crippen LogP) is 3.67. The molecule has 0 bridgehead atoms. The highest BCUT2D eigenvalue weighted by Gasteiger charge is 2.35. The quantitative estimate of drug-likeness (QED) is 0.720. The van der Waals surface area contributed by atoms with E-state index in [0.717, 1.165) is 29.1 Å². The average molecular weight is 444 g/mol. The van der Waals surface area contributed by atoms with Gasteiger partial charge in [0.05, 0.1) is 11.7 Å². The first-order chi connectivity index (χ1) is 15.3. The summed E-state index contributed by atoms with van der Waals surface area (Å²) in [6, 6.07) is 3.81. The van der Waals surface area contributed by atoms with Gasteiger partial charge >= 0.3 is 6.09 Å². The van der Waals surface area contributed by atoms with Crippen molar-refractivity contribution in [2.45, 2.75) is 33.2 Å². The van der Waals surface area contributed by atoms with E-state index in [1.807, 2.05) is 26.8 Å². The molecule has 2 aliphatic heterocycles. The van der Waals surface area contributed by atoms with Gasteiger partial charge in [-0.2, -0.15) is 0 Å². The molecule has 0 radical (unpaired) electrons. The summed E-state index contributed by atoms with van der Waals surface area (Å²) in [5.74, 6) is -1.82. The van der Waals surface area contributed by atoms with Crippen molar-refractivity contribution in [3.63, 3.8) is 0 Å². The molecule has 2 saturated heterocycles. The number of amides is 2. The Morgan fingerprint density at radius 2 is 1.78 bits per heavy atom. The van der Waals surface area contributed by atoms with Crippen LogP contribution < -0.4 is 9.80 Å². The van der Waals surface area contributed by atoms with Gasteiger partial charge in [0.15, 0.2) is 0 Å². The first kappa shape index (κ1) is 22.0. The number of anilines is 2. The van der Waals surface area contributed by atoms with E-state index in [1.54, 1.807) is 6.20 Å². The van der Waals surface area contributed by atoms with E-state index >= 15 is 0 Å². The van der Waals surface area contributed by atoms with Crippen molar-refractivity contribution in [1.82, 2.24) is 9.88 Å². The molecule has 7 nitrogen and oxygen atoms in total. The van der Waals surface area contributed by atoms with Gasteiger partial charge in [0.1, 0.15) is 29.6 Å². The number of carbonyl (C=O) groups excluding carboxylic acids is 2. The van der Waals surface area contributed by atoms with Gasteiger partial charge in [0, 0.05) is 32.4 Å². The molecule has 0 aliphatic carbocycles. The second-order valence-corrected chi connectivity index (χ2v) is 8.23. The van der Waals surface area contributed by atoms with Gasteiger partial charge in [0.2, 0.25) is 0 Å². The third-order valence-electron chi connectivity index (χ3n) is 6.00. The Kier molecular flexibility index (Phi) is 5.99. The highest BCUT2D eigenvalue weighted by molar-refractivity contribution is 5.96. The van der Waals surface area contributed by atoms with E-state index in [0.29, 0.717) is 32.6 Å². The molecular formula is C23H26F2N4O3. The number of aromatic nitrogens is 1. The Labute approximate surface area is 185 Å². The zero-order valence-corrected chi connectivity index (χ0v) is 18.4. The minimum Gasteiger partial charge on any atom is -0.447 e. The Morgan fingerprint density at radius 3 is 2.38 bits per heavy atom. The van der Waals surface area contributed by atoms with Crippen molar-refractivity contribution in [3.8, 4) is 0 Å². The number of ether oxygens (including phenoxy) is 1. The van der Waals surface area contributed by atoms with Crippen LogP contribution in [0, 0.1) is 25.5 Å². The summed E-state index contributed by atoms with van der Waals surface area (Å²) in [5.41, 5.74) is 1.56. The van der Waals surface area contributed by atoms with Crippen molar-refractivity contribution in [3.05, 3.63) is 52.7 Å². The summed E-state index contributed by atoms with van der Waals surface area (Å²) in [7, 11) is 0. The molecule has 2 amide bonds. The lowest BCUT2D eigenvalue weighted by Gasteiger charge is -2.36. The van der Waals surface area contributed by atoms with Crippen molar-refractivity contribution in [1.29, 1.82) is 0 Å². The lowest BCUT2D eigenvalue weighted by molar-refractivity contribution is 0.0736. The van der Waals surface area contributed by atoms with Crippen LogP contribution in [0.1, 0.15) is 34.8 Å². The van der Waals surface area contributed by atoms with Crippen LogP contribution in [0.3, 0.4) is 0 Å². The van der Waals surface area contributed by atoms with E-state index < -0.39 is 29.2 Å². The maximum absolute atomic E-state index is 14.9. The summed E-state index contributed by atoms with van der Waals surface area (Å²) >= 11 is 0. The van der Waals surface area contributed by atoms with Crippen LogP contribution in [0.5, 0.6) is 0 Å². The molecule has 0 unspecified atom stereocenters. The van der Waals surface area contributed by atoms with Gasteiger partial charge in [0.25, 0.3) is 5.91 Å². The molecule has 0 saturated carbocycles. The molecule has 2 aromatic rings. The standard InChI is InChI=1S/C23H26F2N4O3/c1-4-16-13-32-23(31)29(16)17-10-18(24)20(19(25)11-17)22(30)28-7-5-27(6-8-28)21-15(3)9-14(2)12-26-21/h9-12,16H,4-8,13H2,1-3H3/t16-/m1/s1. The minimum absolute atomic E-state index is 0.0524. The molecule has 0 spiro atoms. The fourth-order valence-corrected chi connectivity index (χ4v) is 4.30.